The average molecular weight is 464 g/mol. The van der Waals surface area contributed by atoms with Crippen LogP contribution in [0.15, 0.2) is 47.4 Å². The van der Waals surface area contributed by atoms with Gasteiger partial charge in [-0.3, -0.25) is 0 Å². The molecule has 2 heterocycles. The molecule has 31 heavy (non-hydrogen) atoms. The van der Waals surface area contributed by atoms with E-state index >= 15 is 0 Å². The van der Waals surface area contributed by atoms with Gasteiger partial charge in [0.1, 0.15) is 27.2 Å². The molecule has 0 saturated carbocycles. The van der Waals surface area contributed by atoms with Gasteiger partial charge in [-0.15, -0.1) is 10.2 Å². The summed E-state index contributed by atoms with van der Waals surface area (Å²) in [5, 5.41) is 9.58. The molecule has 7 nitrogen and oxygen atoms in total. The SMILES string of the molecule is COc1ccc(OC)c(S(=O)(=O)N2CCCC(c3nnc(-c4ccccc4F)s3)C2)c1. The van der Waals surface area contributed by atoms with E-state index in [0.29, 0.717) is 34.3 Å². The third kappa shape index (κ3) is 4.28. The van der Waals surface area contributed by atoms with Crippen molar-refractivity contribution in [3.63, 3.8) is 0 Å². The van der Waals surface area contributed by atoms with Gasteiger partial charge in [0.05, 0.1) is 14.2 Å². The third-order valence-corrected chi connectivity index (χ3v) is 8.27. The van der Waals surface area contributed by atoms with Crippen molar-refractivity contribution in [1.29, 1.82) is 0 Å². The standard InChI is InChI=1S/C21H22FN3O4S2/c1-28-15-9-10-18(29-2)19(12-15)31(26,27)25-11-5-6-14(13-25)20-23-24-21(30-20)16-7-3-4-8-17(16)22/h3-4,7-10,12,14H,5-6,11,13H2,1-2H3. The van der Waals surface area contributed by atoms with E-state index in [1.165, 1.54) is 42.0 Å². The molecular formula is C21H22FN3O4S2. The Bertz CT molecular complexity index is 1180. The molecule has 0 aliphatic carbocycles. The van der Waals surface area contributed by atoms with Crippen LogP contribution in [-0.2, 0) is 10.0 Å². The highest BCUT2D eigenvalue weighted by Crippen LogP contribution is 2.37. The maximum atomic E-state index is 14.1. The Balaban J connectivity index is 1.60. The van der Waals surface area contributed by atoms with E-state index in [0.717, 1.165) is 6.42 Å². The van der Waals surface area contributed by atoms with Gasteiger partial charge in [0.2, 0.25) is 10.0 Å². The van der Waals surface area contributed by atoms with Gasteiger partial charge >= 0.3 is 0 Å². The Hall–Kier alpha value is -2.56. The number of benzene rings is 2. The number of ether oxygens (including phenoxy) is 2. The first-order valence-corrected chi connectivity index (χ1v) is 12.0. The maximum absolute atomic E-state index is 14.1. The Kier molecular flexibility index (Phi) is 6.22. The molecule has 1 saturated heterocycles. The topological polar surface area (TPSA) is 81.6 Å². The van der Waals surface area contributed by atoms with Crippen LogP contribution in [0.3, 0.4) is 0 Å². The van der Waals surface area contributed by atoms with Gasteiger partial charge in [0.25, 0.3) is 0 Å². The second-order valence-corrected chi connectivity index (χ2v) is 10.1. The highest BCUT2D eigenvalue weighted by Gasteiger charge is 2.34. The molecule has 1 aliphatic rings. The number of aromatic nitrogens is 2. The average Bonchev–Trinajstić information content (AvgIpc) is 3.29. The number of nitrogens with zero attached hydrogens (tertiary/aromatic N) is 3. The Morgan fingerprint density at radius 2 is 1.94 bits per heavy atom. The molecule has 10 heteroatoms. The van der Waals surface area contributed by atoms with E-state index in [-0.39, 0.29) is 28.9 Å². The van der Waals surface area contributed by atoms with Gasteiger partial charge in [-0.1, -0.05) is 23.5 Å². The monoisotopic (exact) mass is 463 g/mol. The minimum Gasteiger partial charge on any atom is -0.497 e. The molecule has 1 fully saturated rings. The molecule has 0 radical (unpaired) electrons. The molecule has 1 aliphatic heterocycles. The number of hydrogen-bond acceptors (Lipinski definition) is 7. The van der Waals surface area contributed by atoms with Crippen LogP contribution in [0.2, 0.25) is 0 Å². The molecular weight excluding hydrogens is 441 g/mol. The molecule has 1 aromatic heterocycles. The van der Waals surface area contributed by atoms with Crippen molar-refractivity contribution < 1.29 is 22.3 Å². The minimum atomic E-state index is -3.81. The first kappa shape index (κ1) is 21.7. The third-order valence-electron chi connectivity index (χ3n) is 5.27. The number of piperidine rings is 1. The predicted molar refractivity (Wildman–Crippen MR) is 116 cm³/mol. The van der Waals surface area contributed by atoms with Crippen molar-refractivity contribution in [2.24, 2.45) is 0 Å². The fraction of sp³-hybridized carbons (Fsp3) is 0.333. The van der Waals surface area contributed by atoms with E-state index in [4.69, 9.17) is 9.47 Å². The zero-order valence-electron chi connectivity index (χ0n) is 17.1. The number of sulfonamides is 1. The van der Waals surface area contributed by atoms with E-state index < -0.39 is 10.0 Å². The van der Waals surface area contributed by atoms with Crippen molar-refractivity contribution in [3.05, 3.63) is 53.3 Å². The van der Waals surface area contributed by atoms with E-state index in [9.17, 15) is 12.8 Å². The predicted octanol–water partition coefficient (Wildman–Crippen LogP) is 3.93. The summed E-state index contributed by atoms with van der Waals surface area (Å²) in [6.07, 6.45) is 1.47. The number of hydrogen-bond donors (Lipinski definition) is 0. The quantitative estimate of drug-likeness (QED) is 0.551. The van der Waals surface area contributed by atoms with Crippen molar-refractivity contribution in [3.8, 4) is 22.1 Å². The Labute approximate surface area is 184 Å². The Morgan fingerprint density at radius 3 is 2.68 bits per heavy atom. The molecule has 3 aromatic rings. The highest BCUT2D eigenvalue weighted by molar-refractivity contribution is 7.89. The van der Waals surface area contributed by atoms with Crippen LogP contribution in [0.4, 0.5) is 4.39 Å². The lowest BCUT2D eigenvalue weighted by molar-refractivity contribution is 0.312. The van der Waals surface area contributed by atoms with Crippen LogP contribution in [0, 0.1) is 5.82 Å². The largest absolute Gasteiger partial charge is 0.497 e. The smallest absolute Gasteiger partial charge is 0.246 e. The van der Waals surface area contributed by atoms with Gasteiger partial charge in [-0.2, -0.15) is 4.31 Å². The summed E-state index contributed by atoms with van der Waals surface area (Å²) in [6, 6.07) is 11.1. The zero-order valence-corrected chi connectivity index (χ0v) is 18.7. The first-order valence-electron chi connectivity index (χ1n) is 9.74. The summed E-state index contributed by atoms with van der Waals surface area (Å²) in [5.74, 6) is 0.230. The van der Waals surface area contributed by atoms with Crippen LogP contribution in [0.5, 0.6) is 11.5 Å². The molecule has 0 bridgehead atoms. The molecule has 0 amide bonds. The summed E-state index contributed by atoms with van der Waals surface area (Å²) in [7, 11) is -0.886. The van der Waals surface area contributed by atoms with Gasteiger partial charge in [-0.25, -0.2) is 12.8 Å². The zero-order chi connectivity index (χ0) is 22.0. The molecule has 1 atom stereocenters. The molecule has 2 aromatic carbocycles. The number of halogens is 1. The second-order valence-electron chi connectivity index (χ2n) is 7.14. The molecule has 1 unspecified atom stereocenters. The lowest BCUT2D eigenvalue weighted by atomic mass is 10.0. The molecule has 0 N–H and O–H groups in total. The fourth-order valence-corrected chi connectivity index (χ4v) is 6.32. The van der Waals surface area contributed by atoms with Gasteiger partial charge < -0.3 is 9.47 Å². The van der Waals surface area contributed by atoms with Crippen molar-refractivity contribution in [2.75, 3.05) is 27.3 Å². The van der Waals surface area contributed by atoms with E-state index in [1.54, 1.807) is 30.3 Å². The highest BCUT2D eigenvalue weighted by atomic mass is 32.2. The first-order chi connectivity index (χ1) is 14.9. The summed E-state index contributed by atoms with van der Waals surface area (Å²) in [4.78, 5) is 0.0688. The molecule has 4 rings (SSSR count). The van der Waals surface area contributed by atoms with Crippen LogP contribution in [0.25, 0.3) is 10.6 Å². The van der Waals surface area contributed by atoms with Crippen molar-refractivity contribution >= 4 is 21.4 Å². The summed E-state index contributed by atoms with van der Waals surface area (Å²) in [6.45, 7) is 0.673. The van der Waals surface area contributed by atoms with Crippen molar-refractivity contribution in [1.82, 2.24) is 14.5 Å². The van der Waals surface area contributed by atoms with Crippen LogP contribution in [0.1, 0.15) is 23.8 Å². The van der Waals surface area contributed by atoms with Gasteiger partial charge in [0.15, 0.2) is 5.01 Å². The van der Waals surface area contributed by atoms with Crippen LogP contribution < -0.4 is 9.47 Å². The van der Waals surface area contributed by atoms with Gasteiger partial charge in [0, 0.05) is 30.6 Å². The Morgan fingerprint density at radius 1 is 1.13 bits per heavy atom. The fourth-order valence-electron chi connectivity index (χ4n) is 3.63. The lowest BCUT2D eigenvalue weighted by Crippen LogP contribution is -2.39. The minimum absolute atomic E-state index is 0.0688. The molecule has 0 spiro atoms. The maximum Gasteiger partial charge on any atom is 0.246 e. The lowest BCUT2D eigenvalue weighted by Gasteiger charge is -2.31. The van der Waals surface area contributed by atoms with E-state index in [1.807, 2.05) is 0 Å². The normalized spacial score (nSPS) is 17.5. The summed E-state index contributed by atoms with van der Waals surface area (Å²) < 4.78 is 52.8. The summed E-state index contributed by atoms with van der Waals surface area (Å²) in [5.41, 5.74) is 0.396. The second kappa shape index (κ2) is 8.89. The number of rotatable bonds is 6. The van der Waals surface area contributed by atoms with Crippen molar-refractivity contribution in [2.45, 2.75) is 23.7 Å². The van der Waals surface area contributed by atoms with E-state index in [2.05, 4.69) is 10.2 Å². The van der Waals surface area contributed by atoms with Crippen LogP contribution in [-0.4, -0.2) is 50.2 Å². The van der Waals surface area contributed by atoms with Gasteiger partial charge in [-0.05, 0) is 37.1 Å². The van der Waals surface area contributed by atoms with Crippen LogP contribution >= 0.6 is 11.3 Å². The number of methoxy groups -OCH3 is 2. The molecule has 164 valence electrons. The summed E-state index contributed by atoms with van der Waals surface area (Å²) >= 11 is 1.30.